The van der Waals surface area contributed by atoms with Gasteiger partial charge in [0.15, 0.2) is 0 Å². The minimum atomic E-state index is -1.22. The van der Waals surface area contributed by atoms with Crippen LogP contribution in [0.15, 0.2) is 0 Å². The molecular weight excluding hydrogens is 414 g/mol. The van der Waals surface area contributed by atoms with E-state index in [-0.39, 0.29) is 37.2 Å². The van der Waals surface area contributed by atoms with Gasteiger partial charge >= 0.3 is 11.9 Å². The summed E-state index contributed by atoms with van der Waals surface area (Å²) in [6.07, 6.45) is -1.02. The number of hydrogen-bond donors (Lipinski definition) is 3. The largest absolute Gasteiger partial charge is 0.462 e. The second-order valence-electron chi connectivity index (χ2n) is 7.10. The Morgan fingerprint density at radius 1 is 1.00 bits per heavy atom. The first-order chi connectivity index (χ1) is 13.9. The zero-order valence-electron chi connectivity index (χ0n) is 18.2. The molecule has 0 radical (unpaired) electrons. The summed E-state index contributed by atoms with van der Waals surface area (Å²) in [5, 5.41) is 2.35. The van der Waals surface area contributed by atoms with Crippen molar-refractivity contribution in [3.8, 4) is 0 Å². The Labute approximate surface area is 182 Å². The molecule has 0 aliphatic carbocycles. The summed E-state index contributed by atoms with van der Waals surface area (Å²) in [6.45, 7) is 7.81. The lowest BCUT2D eigenvalue weighted by atomic mass is 10.1. The lowest BCUT2D eigenvalue weighted by Gasteiger charge is -2.28. The van der Waals surface area contributed by atoms with E-state index in [1.807, 2.05) is 0 Å². The number of hydrogen-bond acceptors (Lipinski definition) is 9. The summed E-state index contributed by atoms with van der Waals surface area (Å²) >= 11 is 4.08. The van der Waals surface area contributed by atoms with E-state index in [0.717, 1.165) is 4.90 Å². The number of carbonyl (C=O) groups excluding carboxylic acids is 5. The maximum Gasteiger partial charge on any atom is 0.325 e. The van der Waals surface area contributed by atoms with E-state index in [1.54, 1.807) is 34.6 Å². The van der Waals surface area contributed by atoms with Gasteiger partial charge in [-0.25, -0.2) is 0 Å². The number of amides is 3. The molecule has 0 aliphatic rings. The van der Waals surface area contributed by atoms with Crippen molar-refractivity contribution in [1.29, 1.82) is 0 Å². The second-order valence-corrected chi connectivity index (χ2v) is 7.46. The summed E-state index contributed by atoms with van der Waals surface area (Å²) in [5.41, 5.74) is 5.74. The number of imide groups is 1. The molecule has 0 heterocycles. The fourth-order valence-electron chi connectivity index (χ4n) is 2.36. The summed E-state index contributed by atoms with van der Waals surface area (Å²) in [4.78, 5) is 61.7. The molecule has 2 atom stereocenters. The Balaban J connectivity index is 5.13. The number of nitrogens with two attached hydrogens (primary N) is 1. The zero-order valence-corrected chi connectivity index (χ0v) is 19.1. The SMILES string of the molecule is CCC(=O)N(C(=O)CCC(N)C(=O)OC(C)C)C(CS)C(=O)NCC(=O)OC(C)C. The van der Waals surface area contributed by atoms with Gasteiger partial charge in [0, 0.05) is 18.6 Å². The summed E-state index contributed by atoms with van der Waals surface area (Å²) in [6, 6.07) is -2.26. The number of rotatable bonds is 12. The highest BCUT2D eigenvalue weighted by Crippen LogP contribution is 2.11. The second kappa shape index (κ2) is 14.0. The van der Waals surface area contributed by atoms with Crippen LogP contribution in [0, 0.1) is 0 Å². The highest BCUT2D eigenvalue weighted by Gasteiger charge is 2.33. The van der Waals surface area contributed by atoms with Crippen molar-refractivity contribution in [3.63, 3.8) is 0 Å². The van der Waals surface area contributed by atoms with Crippen molar-refractivity contribution >= 4 is 42.3 Å². The molecule has 0 aromatic rings. The highest BCUT2D eigenvalue weighted by molar-refractivity contribution is 7.80. The Bertz CT molecular complexity index is 625. The number of nitrogens with one attached hydrogen (secondary N) is 1. The summed E-state index contributed by atoms with van der Waals surface area (Å²) in [7, 11) is 0. The highest BCUT2D eigenvalue weighted by atomic mass is 32.1. The van der Waals surface area contributed by atoms with Crippen LogP contribution in [0.5, 0.6) is 0 Å². The minimum absolute atomic E-state index is 0.0276. The van der Waals surface area contributed by atoms with E-state index < -0.39 is 48.3 Å². The van der Waals surface area contributed by atoms with Gasteiger partial charge in [-0.1, -0.05) is 6.92 Å². The van der Waals surface area contributed by atoms with Crippen LogP contribution >= 0.6 is 12.6 Å². The Hall–Kier alpha value is -2.14. The van der Waals surface area contributed by atoms with Crippen molar-refractivity contribution in [2.45, 2.75) is 78.2 Å². The summed E-state index contributed by atoms with van der Waals surface area (Å²) < 4.78 is 9.91. The third-order valence-corrected chi connectivity index (χ3v) is 4.07. The van der Waals surface area contributed by atoms with Crippen molar-refractivity contribution < 1.29 is 33.4 Å². The molecule has 172 valence electrons. The quantitative estimate of drug-likeness (QED) is 0.284. The normalized spacial score (nSPS) is 12.8. The van der Waals surface area contributed by atoms with E-state index in [0.29, 0.717) is 0 Å². The van der Waals surface area contributed by atoms with Crippen molar-refractivity contribution in [1.82, 2.24) is 10.2 Å². The number of carbonyl (C=O) groups is 5. The average Bonchev–Trinajstić information content (AvgIpc) is 2.66. The first kappa shape index (κ1) is 27.9. The van der Waals surface area contributed by atoms with Gasteiger partial charge in [-0.3, -0.25) is 28.9 Å². The third-order valence-electron chi connectivity index (χ3n) is 3.73. The first-order valence-corrected chi connectivity index (χ1v) is 10.5. The Kier molecular flexibility index (Phi) is 13.0. The maximum atomic E-state index is 12.7. The molecular formula is C19H33N3O7S. The molecule has 3 amide bonds. The molecule has 0 saturated carbocycles. The predicted octanol–water partition coefficient (Wildman–Crippen LogP) is 0.177. The van der Waals surface area contributed by atoms with Crippen LogP contribution in [-0.4, -0.2) is 71.1 Å². The predicted molar refractivity (Wildman–Crippen MR) is 112 cm³/mol. The molecule has 2 unspecified atom stereocenters. The van der Waals surface area contributed by atoms with E-state index in [1.165, 1.54) is 0 Å². The topological polar surface area (TPSA) is 145 Å². The Morgan fingerprint density at radius 2 is 1.57 bits per heavy atom. The molecule has 10 nitrogen and oxygen atoms in total. The maximum absolute atomic E-state index is 12.7. The molecule has 0 aromatic heterocycles. The van der Waals surface area contributed by atoms with Crippen LogP contribution in [-0.2, 0) is 33.4 Å². The molecule has 0 aromatic carbocycles. The van der Waals surface area contributed by atoms with Crippen molar-refractivity contribution in [2.24, 2.45) is 5.73 Å². The van der Waals surface area contributed by atoms with Crippen molar-refractivity contribution in [2.75, 3.05) is 12.3 Å². The molecule has 0 spiro atoms. The lowest BCUT2D eigenvalue weighted by molar-refractivity contribution is -0.152. The van der Waals surface area contributed by atoms with Gasteiger partial charge in [-0.2, -0.15) is 12.6 Å². The van der Waals surface area contributed by atoms with Gasteiger partial charge in [-0.15, -0.1) is 0 Å². The minimum Gasteiger partial charge on any atom is -0.462 e. The average molecular weight is 448 g/mol. The third kappa shape index (κ3) is 10.1. The number of nitrogens with zero attached hydrogens (tertiary/aromatic N) is 1. The molecule has 11 heteroatoms. The standard InChI is InChI=1S/C19H33N3O7S/c1-6-15(23)22(16(24)8-7-13(20)19(27)29-12(4)5)14(10-30)18(26)21-9-17(25)28-11(2)3/h11-14,30H,6-10,20H2,1-5H3,(H,21,26). The number of ether oxygens (including phenoxy) is 2. The van der Waals surface area contributed by atoms with Gasteiger partial charge in [0.1, 0.15) is 18.6 Å². The van der Waals surface area contributed by atoms with Gasteiger partial charge in [-0.05, 0) is 34.1 Å². The van der Waals surface area contributed by atoms with Crippen LogP contribution in [0.2, 0.25) is 0 Å². The smallest absolute Gasteiger partial charge is 0.325 e. The molecule has 3 N–H and O–H groups in total. The van der Waals surface area contributed by atoms with Gasteiger partial charge < -0.3 is 20.5 Å². The molecule has 0 bridgehead atoms. The molecule has 30 heavy (non-hydrogen) atoms. The van der Waals surface area contributed by atoms with Crippen LogP contribution in [0.4, 0.5) is 0 Å². The van der Waals surface area contributed by atoms with Crippen LogP contribution in [0.3, 0.4) is 0 Å². The van der Waals surface area contributed by atoms with E-state index in [4.69, 9.17) is 15.2 Å². The first-order valence-electron chi connectivity index (χ1n) is 9.83. The fraction of sp³-hybridized carbons (Fsp3) is 0.737. The monoisotopic (exact) mass is 447 g/mol. The lowest BCUT2D eigenvalue weighted by Crippen LogP contribution is -2.54. The molecule has 0 aliphatic heterocycles. The van der Waals surface area contributed by atoms with Gasteiger partial charge in [0.2, 0.25) is 17.7 Å². The van der Waals surface area contributed by atoms with Gasteiger partial charge in [0.05, 0.1) is 12.2 Å². The van der Waals surface area contributed by atoms with Crippen LogP contribution in [0.25, 0.3) is 0 Å². The number of thiol groups is 1. The molecule has 0 rings (SSSR count). The summed E-state index contributed by atoms with van der Waals surface area (Å²) in [5.74, 6) is -3.43. The molecule has 0 fully saturated rings. The van der Waals surface area contributed by atoms with Crippen LogP contribution < -0.4 is 11.1 Å². The van der Waals surface area contributed by atoms with Crippen LogP contribution in [0.1, 0.15) is 53.9 Å². The van der Waals surface area contributed by atoms with Crippen molar-refractivity contribution in [3.05, 3.63) is 0 Å². The number of esters is 2. The zero-order chi connectivity index (χ0) is 23.4. The van der Waals surface area contributed by atoms with Gasteiger partial charge in [0.25, 0.3) is 0 Å². The van der Waals surface area contributed by atoms with E-state index >= 15 is 0 Å². The fourth-order valence-corrected chi connectivity index (χ4v) is 2.69. The Morgan fingerprint density at radius 3 is 2.03 bits per heavy atom. The molecule has 0 saturated heterocycles. The van der Waals surface area contributed by atoms with E-state index in [2.05, 4.69) is 17.9 Å². The van der Waals surface area contributed by atoms with E-state index in [9.17, 15) is 24.0 Å².